The van der Waals surface area contributed by atoms with Crippen LogP contribution in [0.1, 0.15) is 42.3 Å². The highest BCUT2D eigenvalue weighted by Crippen LogP contribution is 2.31. The highest BCUT2D eigenvalue weighted by atomic mass is 19.3. The summed E-state index contributed by atoms with van der Waals surface area (Å²) in [6.45, 7) is 7.71. The maximum Gasteiger partial charge on any atom is 0.303 e. The first kappa shape index (κ1) is 23.0. The zero-order chi connectivity index (χ0) is 23.5. The van der Waals surface area contributed by atoms with E-state index < -0.39 is 11.7 Å². The number of hydrogen-bond donors (Lipinski definition) is 2. The minimum absolute atomic E-state index is 0.156. The van der Waals surface area contributed by atoms with Crippen LogP contribution >= 0.6 is 0 Å². The summed E-state index contributed by atoms with van der Waals surface area (Å²) in [4.78, 5) is 27.8. The highest BCUT2D eigenvalue weighted by Gasteiger charge is 2.29. The SMILES string of the molecule is CC(=O)Nc1cc(Nc2cc(C)nc(C(C)(F)F)n2)c(OCc2cc(C)cc(C)n2)cn1. The standard InChI is InChI=1S/C22H24F2N6O2/c1-12-6-13(2)26-16(7-12)11-32-18-10-25-19(28-15(4)31)9-17(18)29-20-8-14(3)27-21(30-20)22(5,23)24/h6-10H,11H2,1-5H3,(H2,25,27,28,29,30,31). The summed E-state index contributed by atoms with van der Waals surface area (Å²) in [5.74, 6) is -3.34. The van der Waals surface area contributed by atoms with Gasteiger partial charge in [0.15, 0.2) is 5.75 Å². The van der Waals surface area contributed by atoms with Gasteiger partial charge in [-0.2, -0.15) is 8.78 Å². The first-order chi connectivity index (χ1) is 15.0. The molecular weight excluding hydrogens is 418 g/mol. The average Bonchev–Trinajstić information content (AvgIpc) is 2.65. The van der Waals surface area contributed by atoms with Crippen molar-refractivity contribution >= 4 is 23.2 Å². The van der Waals surface area contributed by atoms with Crippen molar-refractivity contribution in [3.63, 3.8) is 0 Å². The summed E-state index contributed by atoms with van der Waals surface area (Å²) in [6, 6.07) is 6.93. The molecule has 3 rings (SSSR count). The number of ether oxygens (including phenoxy) is 1. The largest absolute Gasteiger partial charge is 0.483 e. The van der Waals surface area contributed by atoms with Gasteiger partial charge in [-0.3, -0.25) is 9.78 Å². The molecule has 0 radical (unpaired) electrons. The van der Waals surface area contributed by atoms with Gasteiger partial charge in [-0.1, -0.05) is 0 Å². The molecule has 8 nitrogen and oxygen atoms in total. The van der Waals surface area contributed by atoms with Crippen LogP contribution in [0.15, 0.2) is 30.5 Å². The molecule has 168 valence electrons. The second-order valence-electron chi connectivity index (χ2n) is 7.54. The number of nitrogens with one attached hydrogen (secondary N) is 2. The van der Waals surface area contributed by atoms with E-state index in [0.29, 0.717) is 17.1 Å². The van der Waals surface area contributed by atoms with E-state index in [0.717, 1.165) is 23.9 Å². The summed E-state index contributed by atoms with van der Waals surface area (Å²) < 4.78 is 33.4. The molecule has 10 heteroatoms. The molecule has 0 atom stereocenters. The first-order valence-electron chi connectivity index (χ1n) is 9.85. The molecule has 0 aliphatic rings. The molecule has 3 aromatic heterocycles. The molecule has 2 N–H and O–H groups in total. The molecule has 0 saturated carbocycles. The maximum absolute atomic E-state index is 13.8. The van der Waals surface area contributed by atoms with Gasteiger partial charge in [-0.05, 0) is 38.5 Å². The van der Waals surface area contributed by atoms with E-state index in [1.54, 1.807) is 6.92 Å². The number of nitrogens with zero attached hydrogens (tertiary/aromatic N) is 4. The number of aryl methyl sites for hydroxylation is 3. The Bertz CT molecular complexity index is 1130. The first-order valence-corrected chi connectivity index (χ1v) is 9.85. The fourth-order valence-electron chi connectivity index (χ4n) is 3.02. The van der Waals surface area contributed by atoms with Crippen molar-refractivity contribution in [3.8, 4) is 5.75 Å². The van der Waals surface area contributed by atoms with Crippen molar-refractivity contribution in [2.24, 2.45) is 0 Å². The predicted octanol–water partition coefficient (Wildman–Crippen LogP) is 4.58. The van der Waals surface area contributed by atoms with Crippen LogP contribution in [0.25, 0.3) is 0 Å². The number of anilines is 3. The lowest BCUT2D eigenvalue weighted by molar-refractivity contribution is -0.114. The number of hydrogen-bond acceptors (Lipinski definition) is 7. The van der Waals surface area contributed by atoms with Crippen molar-refractivity contribution in [1.29, 1.82) is 0 Å². The van der Waals surface area contributed by atoms with Gasteiger partial charge in [0.05, 0.1) is 17.6 Å². The van der Waals surface area contributed by atoms with Crippen molar-refractivity contribution in [1.82, 2.24) is 19.9 Å². The van der Waals surface area contributed by atoms with Crippen molar-refractivity contribution in [2.45, 2.75) is 47.1 Å². The summed E-state index contributed by atoms with van der Waals surface area (Å²) in [6.07, 6.45) is 1.43. The molecule has 0 unspecified atom stereocenters. The Labute approximate surface area is 184 Å². The van der Waals surface area contributed by atoms with Gasteiger partial charge in [-0.15, -0.1) is 0 Å². The van der Waals surface area contributed by atoms with Crippen molar-refractivity contribution in [3.05, 3.63) is 58.9 Å². The van der Waals surface area contributed by atoms with Gasteiger partial charge >= 0.3 is 5.92 Å². The lowest BCUT2D eigenvalue weighted by Crippen LogP contribution is -2.14. The van der Waals surface area contributed by atoms with Gasteiger partial charge in [0.1, 0.15) is 18.2 Å². The molecule has 3 aromatic rings. The Morgan fingerprint density at radius 1 is 1.03 bits per heavy atom. The van der Waals surface area contributed by atoms with E-state index in [9.17, 15) is 13.6 Å². The molecule has 0 fully saturated rings. The summed E-state index contributed by atoms with van der Waals surface area (Å²) in [7, 11) is 0. The van der Waals surface area contributed by atoms with E-state index in [1.807, 2.05) is 26.0 Å². The Balaban J connectivity index is 1.93. The second-order valence-corrected chi connectivity index (χ2v) is 7.54. The van der Waals surface area contributed by atoms with Gasteiger partial charge < -0.3 is 15.4 Å². The van der Waals surface area contributed by atoms with Crippen LogP contribution in [0, 0.1) is 20.8 Å². The van der Waals surface area contributed by atoms with Crippen molar-refractivity contribution < 1.29 is 18.3 Å². The molecule has 0 aliphatic heterocycles. The molecule has 0 aromatic carbocycles. The van der Waals surface area contributed by atoms with Crippen LogP contribution in [0.2, 0.25) is 0 Å². The van der Waals surface area contributed by atoms with Crippen LogP contribution in [0.4, 0.5) is 26.1 Å². The smallest absolute Gasteiger partial charge is 0.303 e. The number of amides is 1. The van der Waals surface area contributed by atoms with Gasteiger partial charge in [0, 0.05) is 37.4 Å². The lowest BCUT2D eigenvalue weighted by Gasteiger charge is -2.16. The Hall–Kier alpha value is -3.69. The van der Waals surface area contributed by atoms with Crippen LogP contribution in [0.5, 0.6) is 5.75 Å². The number of pyridine rings is 2. The van der Waals surface area contributed by atoms with E-state index in [-0.39, 0.29) is 24.1 Å². The van der Waals surface area contributed by atoms with Gasteiger partial charge in [0.25, 0.3) is 0 Å². The lowest BCUT2D eigenvalue weighted by atomic mass is 10.2. The van der Waals surface area contributed by atoms with Crippen LogP contribution < -0.4 is 15.4 Å². The molecule has 32 heavy (non-hydrogen) atoms. The number of aromatic nitrogens is 4. The molecule has 0 aliphatic carbocycles. The quantitative estimate of drug-likeness (QED) is 0.552. The van der Waals surface area contributed by atoms with E-state index in [4.69, 9.17) is 4.74 Å². The fraction of sp³-hybridized carbons (Fsp3) is 0.318. The van der Waals surface area contributed by atoms with Crippen LogP contribution in [-0.2, 0) is 17.3 Å². The number of rotatable bonds is 7. The Kier molecular flexibility index (Phi) is 6.61. The average molecular weight is 442 g/mol. The van der Waals surface area contributed by atoms with E-state index in [1.165, 1.54) is 25.3 Å². The number of alkyl halides is 2. The minimum atomic E-state index is -3.20. The molecule has 1 amide bonds. The summed E-state index contributed by atoms with van der Waals surface area (Å²) >= 11 is 0. The molecule has 0 saturated heterocycles. The van der Waals surface area contributed by atoms with Gasteiger partial charge in [0.2, 0.25) is 11.7 Å². The van der Waals surface area contributed by atoms with Crippen molar-refractivity contribution in [2.75, 3.05) is 10.6 Å². The third kappa shape index (κ3) is 6.16. The maximum atomic E-state index is 13.8. The topological polar surface area (TPSA) is 102 Å². The molecule has 0 bridgehead atoms. The summed E-state index contributed by atoms with van der Waals surface area (Å²) in [5, 5.41) is 5.56. The number of halogens is 2. The molecular formula is C22H24F2N6O2. The minimum Gasteiger partial charge on any atom is -0.483 e. The summed E-state index contributed by atoms with van der Waals surface area (Å²) in [5.41, 5.74) is 3.41. The zero-order valence-electron chi connectivity index (χ0n) is 18.5. The third-order valence-electron chi connectivity index (χ3n) is 4.21. The predicted molar refractivity (Wildman–Crippen MR) is 116 cm³/mol. The zero-order valence-corrected chi connectivity index (χ0v) is 18.5. The monoisotopic (exact) mass is 442 g/mol. The third-order valence-corrected chi connectivity index (χ3v) is 4.21. The van der Waals surface area contributed by atoms with Gasteiger partial charge in [-0.25, -0.2) is 15.0 Å². The number of carbonyl (C=O) groups excluding carboxylic acids is 1. The van der Waals surface area contributed by atoms with Crippen LogP contribution in [-0.4, -0.2) is 25.8 Å². The second kappa shape index (κ2) is 9.21. The van der Waals surface area contributed by atoms with Crippen LogP contribution in [0.3, 0.4) is 0 Å². The normalized spacial score (nSPS) is 11.2. The highest BCUT2D eigenvalue weighted by molar-refractivity contribution is 5.88. The van der Waals surface area contributed by atoms with E-state index >= 15 is 0 Å². The molecule has 0 spiro atoms. The van der Waals surface area contributed by atoms with E-state index in [2.05, 4.69) is 30.6 Å². The fourth-order valence-corrected chi connectivity index (χ4v) is 3.02. The number of carbonyl (C=O) groups is 1. The molecule has 3 heterocycles. The Morgan fingerprint density at radius 3 is 2.41 bits per heavy atom. The Morgan fingerprint density at radius 2 is 1.75 bits per heavy atom.